The molecule has 2 rings (SSSR count). The standard InChI is InChI=1S/C15H21FN2O2/c1-3-13-15(19)18(9-10-20-4-2)14(17-13)11-5-7-12(16)8-6-11/h5-8,13-14,17H,3-4,9-10H2,1-2H3. The maximum Gasteiger partial charge on any atom is 0.241 e. The van der Waals surface area contributed by atoms with Crippen molar-refractivity contribution in [1.82, 2.24) is 10.2 Å². The zero-order valence-corrected chi connectivity index (χ0v) is 11.9. The van der Waals surface area contributed by atoms with Crippen molar-refractivity contribution in [2.45, 2.75) is 32.5 Å². The van der Waals surface area contributed by atoms with Crippen LogP contribution in [0.3, 0.4) is 0 Å². The van der Waals surface area contributed by atoms with Crippen LogP contribution in [0.5, 0.6) is 0 Å². The van der Waals surface area contributed by atoms with Crippen LogP contribution in [0.15, 0.2) is 24.3 Å². The molecule has 20 heavy (non-hydrogen) atoms. The summed E-state index contributed by atoms with van der Waals surface area (Å²) in [5.74, 6) is -0.187. The summed E-state index contributed by atoms with van der Waals surface area (Å²) in [6.45, 7) is 5.59. The van der Waals surface area contributed by atoms with Gasteiger partial charge in [-0.3, -0.25) is 10.1 Å². The Morgan fingerprint density at radius 1 is 1.30 bits per heavy atom. The van der Waals surface area contributed by atoms with E-state index in [2.05, 4.69) is 5.32 Å². The van der Waals surface area contributed by atoms with E-state index in [1.165, 1.54) is 12.1 Å². The van der Waals surface area contributed by atoms with Crippen LogP contribution in [0.25, 0.3) is 0 Å². The molecule has 1 aliphatic heterocycles. The van der Waals surface area contributed by atoms with Gasteiger partial charge >= 0.3 is 0 Å². The molecule has 2 unspecified atom stereocenters. The van der Waals surface area contributed by atoms with Crippen LogP contribution in [-0.4, -0.2) is 36.6 Å². The predicted octanol–water partition coefficient (Wildman–Crippen LogP) is 2.07. The molecule has 2 atom stereocenters. The number of carbonyl (C=O) groups excluding carboxylic acids is 1. The van der Waals surface area contributed by atoms with Crippen LogP contribution in [0, 0.1) is 5.82 Å². The Kier molecular flexibility index (Phi) is 5.09. The number of hydrogen-bond donors (Lipinski definition) is 1. The summed E-state index contributed by atoms with van der Waals surface area (Å²) in [4.78, 5) is 14.1. The first-order valence-corrected chi connectivity index (χ1v) is 7.07. The molecule has 0 aromatic heterocycles. The Morgan fingerprint density at radius 3 is 2.60 bits per heavy atom. The number of amides is 1. The third-order valence-corrected chi connectivity index (χ3v) is 3.53. The zero-order valence-electron chi connectivity index (χ0n) is 11.9. The fourth-order valence-corrected chi connectivity index (χ4v) is 2.44. The van der Waals surface area contributed by atoms with Gasteiger partial charge in [-0.05, 0) is 31.0 Å². The minimum atomic E-state index is -0.272. The smallest absolute Gasteiger partial charge is 0.241 e. The van der Waals surface area contributed by atoms with Crippen LogP contribution >= 0.6 is 0 Å². The molecule has 1 aliphatic rings. The minimum Gasteiger partial charge on any atom is -0.380 e. The second-order valence-corrected chi connectivity index (χ2v) is 4.81. The highest BCUT2D eigenvalue weighted by Gasteiger charge is 2.38. The molecule has 0 spiro atoms. The molecule has 1 fully saturated rings. The lowest BCUT2D eigenvalue weighted by Gasteiger charge is -2.24. The highest BCUT2D eigenvalue weighted by atomic mass is 19.1. The average Bonchev–Trinajstić information content (AvgIpc) is 2.77. The van der Waals surface area contributed by atoms with E-state index >= 15 is 0 Å². The summed E-state index contributed by atoms with van der Waals surface area (Å²) in [5, 5.41) is 3.30. The largest absolute Gasteiger partial charge is 0.380 e. The van der Waals surface area contributed by atoms with Gasteiger partial charge in [0.25, 0.3) is 0 Å². The van der Waals surface area contributed by atoms with Gasteiger partial charge in [0, 0.05) is 13.2 Å². The lowest BCUT2D eigenvalue weighted by atomic mass is 10.1. The van der Waals surface area contributed by atoms with E-state index in [4.69, 9.17) is 4.74 Å². The van der Waals surface area contributed by atoms with Crippen molar-refractivity contribution in [2.24, 2.45) is 0 Å². The van der Waals surface area contributed by atoms with E-state index < -0.39 is 0 Å². The van der Waals surface area contributed by atoms with Gasteiger partial charge in [0.05, 0.1) is 12.6 Å². The fraction of sp³-hybridized carbons (Fsp3) is 0.533. The van der Waals surface area contributed by atoms with Crippen molar-refractivity contribution >= 4 is 5.91 Å². The van der Waals surface area contributed by atoms with E-state index in [0.29, 0.717) is 19.8 Å². The molecular weight excluding hydrogens is 259 g/mol. The third kappa shape index (κ3) is 3.16. The number of rotatable bonds is 6. The van der Waals surface area contributed by atoms with Crippen molar-refractivity contribution in [2.75, 3.05) is 19.8 Å². The molecule has 0 saturated carbocycles. The first-order valence-electron chi connectivity index (χ1n) is 7.07. The van der Waals surface area contributed by atoms with Gasteiger partial charge in [-0.15, -0.1) is 0 Å². The number of hydrogen-bond acceptors (Lipinski definition) is 3. The number of nitrogens with zero attached hydrogens (tertiary/aromatic N) is 1. The van der Waals surface area contributed by atoms with Crippen molar-refractivity contribution < 1.29 is 13.9 Å². The molecule has 1 amide bonds. The SMILES string of the molecule is CCOCCN1C(=O)C(CC)NC1c1ccc(F)cc1. The molecule has 1 aromatic carbocycles. The Bertz CT molecular complexity index is 450. The Balaban J connectivity index is 2.15. The molecule has 1 N–H and O–H groups in total. The van der Waals surface area contributed by atoms with Crippen molar-refractivity contribution in [3.63, 3.8) is 0 Å². The van der Waals surface area contributed by atoms with Crippen LogP contribution in [0.1, 0.15) is 32.0 Å². The number of nitrogens with one attached hydrogen (secondary N) is 1. The van der Waals surface area contributed by atoms with Crippen LogP contribution < -0.4 is 5.32 Å². The number of halogens is 1. The van der Waals surface area contributed by atoms with Crippen molar-refractivity contribution in [3.8, 4) is 0 Å². The van der Waals surface area contributed by atoms with Crippen LogP contribution in [-0.2, 0) is 9.53 Å². The number of ether oxygens (including phenoxy) is 1. The highest BCUT2D eigenvalue weighted by molar-refractivity contribution is 5.84. The molecule has 0 aliphatic carbocycles. The molecule has 0 radical (unpaired) electrons. The molecule has 0 bridgehead atoms. The Labute approximate surface area is 118 Å². The summed E-state index contributed by atoms with van der Waals surface area (Å²) in [6, 6.07) is 6.09. The quantitative estimate of drug-likeness (QED) is 0.811. The molecule has 5 heteroatoms. The first-order chi connectivity index (χ1) is 9.67. The summed E-state index contributed by atoms with van der Waals surface area (Å²) < 4.78 is 18.4. The molecule has 4 nitrogen and oxygen atoms in total. The monoisotopic (exact) mass is 280 g/mol. The molecule has 1 aromatic rings. The summed E-state index contributed by atoms with van der Waals surface area (Å²) in [5.41, 5.74) is 0.896. The second-order valence-electron chi connectivity index (χ2n) is 4.81. The molecule has 1 saturated heterocycles. The second kappa shape index (κ2) is 6.81. The van der Waals surface area contributed by atoms with Gasteiger partial charge in [0.1, 0.15) is 12.0 Å². The van der Waals surface area contributed by atoms with Gasteiger partial charge < -0.3 is 9.64 Å². The minimum absolute atomic E-state index is 0.0847. The van der Waals surface area contributed by atoms with E-state index in [1.807, 2.05) is 13.8 Å². The summed E-state index contributed by atoms with van der Waals surface area (Å²) in [6.07, 6.45) is 0.537. The van der Waals surface area contributed by atoms with Crippen LogP contribution in [0.4, 0.5) is 4.39 Å². The van der Waals surface area contributed by atoms with Crippen molar-refractivity contribution in [1.29, 1.82) is 0 Å². The Morgan fingerprint density at radius 2 is 2.00 bits per heavy atom. The molecular formula is C15H21FN2O2. The van der Waals surface area contributed by atoms with Gasteiger partial charge in [-0.1, -0.05) is 19.1 Å². The zero-order chi connectivity index (χ0) is 14.5. The van der Waals surface area contributed by atoms with Gasteiger partial charge in [-0.2, -0.15) is 0 Å². The normalized spacial score (nSPS) is 22.6. The maximum absolute atomic E-state index is 13.0. The summed E-state index contributed by atoms with van der Waals surface area (Å²) in [7, 11) is 0. The van der Waals surface area contributed by atoms with E-state index in [9.17, 15) is 9.18 Å². The third-order valence-electron chi connectivity index (χ3n) is 3.53. The van der Waals surface area contributed by atoms with E-state index in [1.54, 1.807) is 17.0 Å². The molecule has 1 heterocycles. The lowest BCUT2D eigenvalue weighted by Crippen LogP contribution is -2.34. The predicted molar refractivity (Wildman–Crippen MR) is 74.6 cm³/mol. The highest BCUT2D eigenvalue weighted by Crippen LogP contribution is 2.26. The number of carbonyl (C=O) groups is 1. The van der Waals surface area contributed by atoms with E-state index in [0.717, 1.165) is 12.0 Å². The van der Waals surface area contributed by atoms with Gasteiger partial charge in [0.2, 0.25) is 5.91 Å². The first kappa shape index (κ1) is 14.9. The number of benzene rings is 1. The average molecular weight is 280 g/mol. The van der Waals surface area contributed by atoms with E-state index in [-0.39, 0.29) is 23.9 Å². The lowest BCUT2D eigenvalue weighted by molar-refractivity contribution is -0.130. The maximum atomic E-state index is 13.0. The topological polar surface area (TPSA) is 41.6 Å². The molecule has 110 valence electrons. The summed E-state index contributed by atoms with van der Waals surface area (Å²) >= 11 is 0. The van der Waals surface area contributed by atoms with Gasteiger partial charge in [0.15, 0.2) is 0 Å². The van der Waals surface area contributed by atoms with Gasteiger partial charge in [-0.25, -0.2) is 4.39 Å². The van der Waals surface area contributed by atoms with Crippen LogP contribution in [0.2, 0.25) is 0 Å². The Hall–Kier alpha value is -1.46. The fourth-order valence-electron chi connectivity index (χ4n) is 2.44. The van der Waals surface area contributed by atoms with Crippen molar-refractivity contribution in [3.05, 3.63) is 35.6 Å².